The van der Waals surface area contributed by atoms with E-state index in [0.29, 0.717) is 18.2 Å². The van der Waals surface area contributed by atoms with Gasteiger partial charge in [0.2, 0.25) is 0 Å². The molecule has 2 rings (SSSR count). The maximum Gasteiger partial charge on any atom is 0.0782 e. The van der Waals surface area contributed by atoms with Gasteiger partial charge in [-0.3, -0.25) is 0 Å². The Balaban J connectivity index is 2.16. The summed E-state index contributed by atoms with van der Waals surface area (Å²) in [7, 11) is 0. The molecule has 0 aliphatic carbocycles. The van der Waals surface area contributed by atoms with Crippen LogP contribution in [0.3, 0.4) is 0 Å². The third-order valence-electron chi connectivity index (χ3n) is 3.37. The molecule has 0 bridgehead atoms. The first-order valence-electron chi connectivity index (χ1n) is 6.76. The lowest BCUT2D eigenvalue weighted by Gasteiger charge is -2.24. The van der Waals surface area contributed by atoms with Gasteiger partial charge in [-0.1, -0.05) is 6.92 Å². The molecule has 0 radical (unpaired) electrons. The van der Waals surface area contributed by atoms with Crippen LogP contribution in [-0.4, -0.2) is 18.8 Å². The lowest BCUT2D eigenvalue weighted by Crippen LogP contribution is -2.32. The van der Waals surface area contributed by atoms with E-state index in [0.717, 1.165) is 19.4 Å². The van der Waals surface area contributed by atoms with E-state index in [4.69, 9.17) is 4.74 Å². The largest absolute Gasteiger partial charge is 0.373 e. The summed E-state index contributed by atoms with van der Waals surface area (Å²) in [4.78, 5) is 2.74. The minimum Gasteiger partial charge on any atom is -0.373 e. The first kappa shape index (κ1) is 14.5. The number of hydrogen-bond donors (Lipinski definition) is 1. The van der Waals surface area contributed by atoms with Gasteiger partial charge < -0.3 is 10.1 Å². The second-order valence-corrected chi connectivity index (χ2v) is 7.21. The first-order chi connectivity index (χ1) is 8.61. The Hall–Kier alpha value is 0.1000. The fourth-order valence-electron chi connectivity index (χ4n) is 2.48. The summed E-state index contributed by atoms with van der Waals surface area (Å²) in [6.07, 6.45) is 4.21. The number of hydrogen-bond acceptors (Lipinski definition) is 3. The molecule has 1 aromatic rings. The highest BCUT2D eigenvalue weighted by atomic mass is 79.9. The predicted octanol–water partition coefficient (Wildman–Crippen LogP) is 4.43. The Morgan fingerprint density at radius 3 is 2.83 bits per heavy atom. The van der Waals surface area contributed by atoms with E-state index < -0.39 is 0 Å². The molecule has 3 unspecified atom stereocenters. The molecule has 3 atom stereocenters. The Labute approximate surface area is 122 Å². The fraction of sp³-hybridized carbons (Fsp3) is 0.714. The van der Waals surface area contributed by atoms with Crippen LogP contribution in [0.5, 0.6) is 0 Å². The van der Waals surface area contributed by atoms with Gasteiger partial charge in [0, 0.05) is 14.2 Å². The highest BCUT2D eigenvalue weighted by Crippen LogP contribution is 2.38. The van der Waals surface area contributed by atoms with Crippen molar-refractivity contribution in [2.75, 3.05) is 6.54 Å². The monoisotopic (exact) mass is 331 g/mol. The minimum absolute atomic E-state index is 0.320. The molecule has 0 saturated carbocycles. The Morgan fingerprint density at radius 2 is 2.33 bits per heavy atom. The summed E-state index contributed by atoms with van der Waals surface area (Å²) in [5.74, 6) is 0. The zero-order chi connectivity index (χ0) is 13.1. The van der Waals surface area contributed by atoms with E-state index in [1.165, 1.54) is 20.6 Å². The number of thiophene rings is 1. The second kappa shape index (κ2) is 6.51. The van der Waals surface area contributed by atoms with E-state index in [2.05, 4.69) is 48.1 Å². The van der Waals surface area contributed by atoms with Gasteiger partial charge >= 0.3 is 0 Å². The van der Waals surface area contributed by atoms with Gasteiger partial charge in [0.25, 0.3) is 0 Å². The first-order valence-corrected chi connectivity index (χ1v) is 8.37. The second-order valence-electron chi connectivity index (χ2n) is 5.06. The third kappa shape index (κ3) is 3.35. The standard InChI is InChI=1S/C14H22BrNOS/c1-4-7-16-13(12-6-5-9(2)17-12)14-11(15)8-10(3)18-14/h8-9,12-13,16H,4-7H2,1-3H3. The minimum atomic E-state index is 0.320. The van der Waals surface area contributed by atoms with Gasteiger partial charge in [-0.15, -0.1) is 11.3 Å². The van der Waals surface area contributed by atoms with Crippen molar-refractivity contribution in [3.8, 4) is 0 Å². The van der Waals surface area contributed by atoms with Gasteiger partial charge in [0.05, 0.1) is 18.2 Å². The highest BCUT2D eigenvalue weighted by molar-refractivity contribution is 9.10. The molecule has 0 spiro atoms. The maximum atomic E-state index is 6.06. The molecule has 1 saturated heterocycles. The summed E-state index contributed by atoms with van der Waals surface area (Å²) >= 11 is 5.56. The summed E-state index contributed by atoms with van der Waals surface area (Å²) in [5, 5.41) is 3.66. The van der Waals surface area contributed by atoms with Crippen LogP contribution in [0.1, 0.15) is 48.9 Å². The van der Waals surface area contributed by atoms with E-state index in [-0.39, 0.29) is 0 Å². The van der Waals surface area contributed by atoms with Crippen LogP contribution in [0.2, 0.25) is 0 Å². The van der Waals surface area contributed by atoms with Crippen molar-refractivity contribution in [3.63, 3.8) is 0 Å². The van der Waals surface area contributed by atoms with Crippen LogP contribution >= 0.6 is 27.3 Å². The lowest BCUT2D eigenvalue weighted by atomic mass is 10.1. The molecule has 18 heavy (non-hydrogen) atoms. The molecule has 2 heterocycles. The van der Waals surface area contributed by atoms with Gasteiger partial charge in [-0.2, -0.15) is 0 Å². The smallest absolute Gasteiger partial charge is 0.0782 e. The molecule has 1 N–H and O–H groups in total. The zero-order valence-corrected chi connectivity index (χ0v) is 13.7. The highest BCUT2D eigenvalue weighted by Gasteiger charge is 2.32. The van der Waals surface area contributed by atoms with E-state index in [1.807, 2.05) is 11.3 Å². The molecule has 4 heteroatoms. The molecule has 0 amide bonds. The lowest BCUT2D eigenvalue weighted by molar-refractivity contribution is 0.0322. The van der Waals surface area contributed by atoms with Gasteiger partial charge in [0.15, 0.2) is 0 Å². The Bertz CT molecular complexity index is 393. The summed E-state index contributed by atoms with van der Waals surface area (Å²) in [6.45, 7) is 7.58. The van der Waals surface area contributed by atoms with Gasteiger partial charge in [-0.05, 0) is 61.7 Å². The zero-order valence-electron chi connectivity index (χ0n) is 11.3. The van der Waals surface area contributed by atoms with Crippen LogP contribution in [0, 0.1) is 6.92 Å². The molecular formula is C14H22BrNOS. The number of rotatable bonds is 5. The summed E-state index contributed by atoms with van der Waals surface area (Å²) < 4.78 is 7.29. The molecule has 102 valence electrons. The average molecular weight is 332 g/mol. The summed E-state index contributed by atoms with van der Waals surface area (Å²) in [5.41, 5.74) is 0. The summed E-state index contributed by atoms with van der Waals surface area (Å²) in [6, 6.07) is 2.54. The van der Waals surface area contributed by atoms with E-state index >= 15 is 0 Å². The molecule has 1 aromatic heterocycles. The number of aryl methyl sites for hydroxylation is 1. The molecular weight excluding hydrogens is 310 g/mol. The number of halogens is 1. The van der Waals surface area contributed by atoms with Gasteiger partial charge in [-0.25, -0.2) is 0 Å². The number of ether oxygens (including phenoxy) is 1. The van der Waals surface area contributed by atoms with Crippen molar-refractivity contribution >= 4 is 27.3 Å². The van der Waals surface area contributed by atoms with E-state index in [9.17, 15) is 0 Å². The molecule has 0 aromatic carbocycles. The average Bonchev–Trinajstić information content (AvgIpc) is 2.87. The SMILES string of the molecule is CCCNC(c1sc(C)cc1Br)C1CCC(C)O1. The van der Waals surface area contributed by atoms with Crippen LogP contribution in [0.15, 0.2) is 10.5 Å². The molecule has 1 aliphatic rings. The molecule has 2 nitrogen and oxygen atoms in total. The third-order valence-corrected chi connectivity index (χ3v) is 5.42. The van der Waals surface area contributed by atoms with Crippen LogP contribution in [-0.2, 0) is 4.74 Å². The van der Waals surface area contributed by atoms with Crippen LogP contribution in [0.25, 0.3) is 0 Å². The molecule has 1 aliphatic heterocycles. The van der Waals surface area contributed by atoms with E-state index in [1.54, 1.807) is 0 Å². The van der Waals surface area contributed by atoms with Crippen molar-refractivity contribution < 1.29 is 4.74 Å². The van der Waals surface area contributed by atoms with Gasteiger partial charge in [0.1, 0.15) is 0 Å². The van der Waals surface area contributed by atoms with Crippen molar-refractivity contribution in [1.82, 2.24) is 5.32 Å². The van der Waals surface area contributed by atoms with Crippen LogP contribution in [0.4, 0.5) is 0 Å². The maximum absolute atomic E-state index is 6.06. The Kier molecular flexibility index (Phi) is 5.24. The van der Waals surface area contributed by atoms with Crippen molar-refractivity contribution in [3.05, 3.63) is 20.3 Å². The van der Waals surface area contributed by atoms with Crippen molar-refractivity contribution in [2.24, 2.45) is 0 Å². The predicted molar refractivity (Wildman–Crippen MR) is 81.4 cm³/mol. The quantitative estimate of drug-likeness (QED) is 0.861. The van der Waals surface area contributed by atoms with Crippen molar-refractivity contribution in [2.45, 2.75) is 58.3 Å². The fourth-order valence-corrected chi connectivity index (χ4v) is 4.51. The Morgan fingerprint density at radius 1 is 1.56 bits per heavy atom. The topological polar surface area (TPSA) is 21.3 Å². The van der Waals surface area contributed by atoms with Crippen LogP contribution < -0.4 is 5.32 Å². The normalized spacial score (nSPS) is 25.6. The number of nitrogens with one attached hydrogen (secondary N) is 1. The van der Waals surface area contributed by atoms with Crippen molar-refractivity contribution in [1.29, 1.82) is 0 Å². The molecule has 1 fully saturated rings.